The molecule has 0 fully saturated rings. The van der Waals surface area contributed by atoms with Crippen LogP contribution in [0.15, 0.2) is 103 Å². The number of fused-ring (bicyclic) bond motifs is 1. The van der Waals surface area contributed by atoms with Crippen molar-refractivity contribution >= 4 is 16.6 Å². The van der Waals surface area contributed by atoms with E-state index in [1.807, 2.05) is 36.7 Å². The number of nitrogens with one attached hydrogen (secondary N) is 2. The molecule has 0 aliphatic rings. The monoisotopic (exact) mass is 786 g/mol. The summed E-state index contributed by atoms with van der Waals surface area (Å²) >= 11 is 0. The molecule has 0 amide bonds. The van der Waals surface area contributed by atoms with E-state index >= 15 is 0 Å². The number of aromatic amines is 1. The topological polar surface area (TPSA) is 164 Å². The molecule has 0 aliphatic carbocycles. The van der Waals surface area contributed by atoms with Gasteiger partial charge in [-0.3, -0.25) is 4.79 Å². The van der Waals surface area contributed by atoms with E-state index in [0.29, 0.717) is 48.2 Å². The first-order valence-electron chi connectivity index (χ1n) is 19.7. The van der Waals surface area contributed by atoms with Crippen molar-refractivity contribution in [1.29, 1.82) is 0 Å². The van der Waals surface area contributed by atoms with E-state index in [-0.39, 0.29) is 35.8 Å². The number of benzene rings is 5. The highest BCUT2D eigenvalue weighted by molar-refractivity contribution is 5.91. The molecule has 7 N–H and O–H groups in total. The van der Waals surface area contributed by atoms with Crippen molar-refractivity contribution in [2.75, 3.05) is 27.9 Å². The van der Waals surface area contributed by atoms with Gasteiger partial charge < -0.3 is 45.3 Å². The zero-order valence-electron chi connectivity index (χ0n) is 33.6. The molecule has 6 rings (SSSR count). The number of aliphatic hydroxyl groups is 2. The smallest absolute Gasteiger partial charge is 0.164 e. The van der Waals surface area contributed by atoms with Gasteiger partial charge in [-0.25, -0.2) is 0 Å². The molecule has 58 heavy (non-hydrogen) atoms. The summed E-state index contributed by atoms with van der Waals surface area (Å²) in [6.07, 6.45) is 4.26. The molecule has 304 valence electrons. The number of phenols is 3. The van der Waals surface area contributed by atoms with E-state index < -0.39 is 29.8 Å². The number of rotatable bonds is 19. The minimum Gasteiger partial charge on any atom is -0.508 e. The third-order valence-corrected chi connectivity index (χ3v) is 11.5. The van der Waals surface area contributed by atoms with Gasteiger partial charge in [-0.1, -0.05) is 61.5 Å². The van der Waals surface area contributed by atoms with Gasteiger partial charge >= 0.3 is 0 Å². The summed E-state index contributed by atoms with van der Waals surface area (Å²) in [5, 5.41) is 61.2. The van der Waals surface area contributed by atoms with Crippen molar-refractivity contribution in [1.82, 2.24) is 10.3 Å². The fraction of sp³-hybridized carbons (Fsp3) is 0.312. The average Bonchev–Trinajstić information content (AvgIpc) is 3.74. The molecule has 6 aromatic rings. The Morgan fingerprint density at radius 3 is 2.31 bits per heavy atom. The predicted octanol–water partition coefficient (Wildman–Crippen LogP) is 7.07. The first-order chi connectivity index (χ1) is 28.0. The van der Waals surface area contributed by atoms with Gasteiger partial charge in [-0.05, 0) is 125 Å². The van der Waals surface area contributed by atoms with E-state index in [9.17, 15) is 30.3 Å². The van der Waals surface area contributed by atoms with Gasteiger partial charge in [0.1, 0.15) is 11.5 Å². The van der Waals surface area contributed by atoms with E-state index in [0.717, 1.165) is 39.4 Å². The highest BCUT2D eigenvalue weighted by Crippen LogP contribution is 2.40. The van der Waals surface area contributed by atoms with Crippen LogP contribution in [0.25, 0.3) is 10.8 Å². The van der Waals surface area contributed by atoms with Crippen molar-refractivity contribution in [3.8, 4) is 28.7 Å². The first kappa shape index (κ1) is 41.8. The number of aromatic nitrogens is 1. The normalized spacial score (nSPS) is 13.6. The number of aromatic hydroxyl groups is 3. The molecule has 0 unspecified atom stereocenters. The Hall–Kier alpha value is -5.81. The van der Waals surface area contributed by atoms with Crippen LogP contribution in [0.3, 0.4) is 0 Å². The van der Waals surface area contributed by atoms with E-state index in [1.54, 1.807) is 44.5 Å². The maximum atomic E-state index is 15.0. The third-order valence-electron chi connectivity index (χ3n) is 11.5. The summed E-state index contributed by atoms with van der Waals surface area (Å²) in [6.45, 7) is 1.91. The number of Topliss-reactive ketones (excluding diaryl/α,β-unsaturated/α-hetero) is 1. The molecule has 0 bridgehead atoms. The van der Waals surface area contributed by atoms with Crippen LogP contribution in [-0.4, -0.2) is 70.3 Å². The fourth-order valence-corrected chi connectivity index (χ4v) is 8.37. The number of hydrogen-bond donors (Lipinski definition) is 7. The summed E-state index contributed by atoms with van der Waals surface area (Å²) in [4.78, 5) is 18.1. The molecule has 0 spiro atoms. The Balaban J connectivity index is 1.41. The molecule has 0 saturated heterocycles. The molecule has 0 radical (unpaired) electrons. The number of ether oxygens (including phenoxy) is 2. The number of H-pyrrole nitrogens is 1. The molecule has 0 saturated carbocycles. The van der Waals surface area contributed by atoms with Crippen LogP contribution in [0.1, 0.15) is 57.9 Å². The lowest BCUT2D eigenvalue weighted by atomic mass is 9.70. The van der Waals surface area contributed by atoms with Gasteiger partial charge in [0.25, 0.3) is 0 Å². The van der Waals surface area contributed by atoms with Crippen molar-refractivity contribution in [3.05, 3.63) is 148 Å². The highest BCUT2D eigenvalue weighted by atomic mass is 16.5. The second-order valence-electron chi connectivity index (χ2n) is 15.1. The number of hydrogen-bond acceptors (Lipinski definition) is 9. The van der Waals surface area contributed by atoms with Crippen LogP contribution in [0, 0.1) is 5.92 Å². The number of aliphatic hydroxyl groups excluding tert-OH is 2. The van der Waals surface area contributed by atoms with Crippen molar-refractivity contribution in [2.45, 2.75) is 63.5 Å². The van der Waals surface area contributed by atoms with Crippen molar-refractivity contribution < 1.29 is 39.8 Å². The number of phenolic OH excluding ortho intramolecular Hbond substituents is 3. The lowest BCUT2D eigenvalue weighted by Crippen LogP contribution is -2.44. The van der Waals surface area contributed by atoms with Crippen molar-refractivity contribution in [2.24, 2.45) is 5.92 Å². The van der Waals surface area contributed by atoms with Crippen molar-refractivity contribution in [3.63, 3.8) is 0 Å². The van der Waals surface area contributed by atoms with Gasteiger partial charge in [-0.2, -0.15) is 0 Å². The zero-order valence-corrected chi connectivity index (χ0v) is 33.6. The molecule has 5 aromatic carbocycles. The molecular weight excluding hydrogens is 733 g/mol. The lowest BCUT2D eigenvalue weighted by Gasteiger charge is -2.34. The van der Waals surface area contributed by atoms with Crippen LogP contribution in [0.4, 0.5) is 0 Å². The number of aryl methyl sites for hydroxylation is 1. The Labute approximate surface area is 339 Å². The number of carbonyl (C=O) groups is 1. The Kier molecular flexibility index (Phi) is 13.4. The van der Waals surface area contributed by atoms with Crippen LogP contribution < -0.4 is 14.8 Å². The summed E-state index contributed by atoms with van der Waals surface area (Å²) in [7, 11) is 4.75. The molecule has 3 atom stereocenters. The molecule has 1 heterocycles. The minimum atomic E-state index is -1.58. The standard InChI is InChI=1S/C48H54N2O8/c1-5-33-11-12-34-8-6-7-9-39(34)40(33)24-41-35(13-15-43(54)47(41)58-4)22-36(18-31-16-17-50-28-31)44(55)25-46(56)48(29-51,26-30-10-14-42(53)45(21-30)57-3)37-19-32(27-49-2)20-38(52)23-37/h6-17,19-21,23,28,36,44,49-55H,5,18,22,24-27,29H2,1-4H3/t36-,44+,48-/m0/s1. The average molecular weight is 787 g/mol. The number of methoxy groups -OCH3 is 2. The summed E-state index contributed by atoms with van der Waals surface area (Å²) in [5.41, 5.74) is 5.06. The van der Waals surface area contributed by atoms with Gasteiger partial charge in [-0.15, -0.1) is 0 Å². The van der Waals surface area contributed by atoms with Crippen LogP contribution >= 0.6 is 0 Å². The van der Waals surface area contributed by atoms with Crippen LogP contribution in [0.2, 0.25) is 0 Å². The largest absolute Gasteiger partial charge is 0.508 e. The second kappa shape index (κ2) is 18.6. The van der Waals surface area contributed by atoms with Gasteiger partial charge in [0.05, 0.1) is 32.3 Å². The first-order valence-corrected chi connectivity index (χ1v) is 19.7. The maximum Gasteiger partial charge on any atom is 0.164 e. The molecule has 1 aromatic heterocycles. The lowest BCUT2D eigenvalue weighted by molar-refractivity contribution is -0.129. The van der Waals surface area contributed by atoms with E-state index in [4.69, 9.17) is 9.47 Å². The molecular formula is C48H54N2O8. The highest BCUT2D eigenvalue weighted by Gasteiger charge is 2.42. The maximum absolute atomic E-state index is 15.0. The third kappa shape index (κ3) is 9.00. The molecule has 10 heteroatoms. The summed E-state index contributed by atoms with van der Waals surface area (Å²) < 4.78 is 11.2. The Bertz CT molecular complexity index is 2340. The second-order valence-corrected chi connectivity index (χ2v) is 15.1. The summed E-state index contributed by atoms with van der Waals surface area (Å²) in [5.74, 6) is -0.441. The quantitative estimate of drug-likeness (QED) is 0.0455. The van der Waals surface area contributed by atoms with E-state index in [1.165, 1.54) is 24.8 Å². The van der Waals surface area contributed by atoms with E-state index in [2.05, 4.69) is 41.5 Å². The minimum absolute atomic E-state index is 0.000715. The van der Waals surface area contributed by atoms with Gasteiger partial charge in [0, 0.05) is 37.3 Å². The Morgan fingerprint density at radius 2 is 1.60 bits per heavy atom. The van der Waals surface area contributed by atoms with Gasteiger partial charge in [0.15, 0.2) is 23.0 Å². The van der Waals surface area contributed by atoms with Crippen LogP contribution in [0.5, 0.6) is 28.7 Å². The fourth-order valence-electron chi connectivity index (χ4n) is 8.37. The zero-order chi connectivity index (χ0) is 41.4. The predicted molar refractivity (Wildman–Crippen MR) is 226 cm³/mol. The van der Waals surface area contributed by atoms with Gasteiger partial charge in [0.2, 0.25) is 0 Å². The van der Waals surface area contributed by atoms with Crippen LogP contribution in [-0.2, 0) is 48.9 Å². The summed E-state index contributed by atoms with van der Waals surface area (Å²) in [6, 6.07) is 27.6. The Morgan fingerprint density at radius 1 is 0.828 bits per heavy atom. The SMILES string of the molecule is CCc1ccc2ccccc2c1Cc1c(C[C@H](Cc2cc[nH]c2)[C@H](O)CC(=O)[C@](CO)(Cc2ccc(O)c(OC)c2)c2cc(O)cc(CNC)c2)ccc(O)c1OC. The number of carbonyl (C=O) groups excluding carboxylic acids is 1. The molecule has 0 aliphatic heterocycles. The number of ketones is 1. The molecule has 10 nitrogen and oxygen atoms in total.